The molecule has 0 aliphatic carbocycles. The number of benzene rings is 3. The highest BCUT2D eigenvalue weighted by atomic mass is 19.4. The van der Waals surface area contributed by atoms with Crippen LogP contribution in [0.3, 0.4) is 0 Å². The van der Waals surface area contributed by atoms with E-state index in [1.807, 2.05) is 31.2 Å². The monoisotopic (exact) mass is 388 g/mol. The molecule has 5 heteroatoms. The molecule has 1 nitrogen and oxygen atoms in total. The van der Waals surface area contributed by atoms with Crippen LogP contribution in [0.2, 0.25) is 0 Å². The van der Waals surface area contributed by atoms with Crippen molar-refractivity contribution in [1.29, 1.82) is 0 Å². The second-order valence-corrected chi connectivity index (χ2v) is 6.52. The van der Waals surface area contributed by atoms with Crippen molar-refractivity contribution in [2.24, 2.45) is 0 Å². The van der Waals surface area contributed by atoms with Crippen LogP contribution in [0.5, 0.6) is 5.75 Å². The van der Waals surface area contributed by atoms with Crippen LogP contribution in [-0.4, -0.2) is 12.8 Å². The van der Waals surface area contributed by atoms with Crippen LogP contribution in [0, 0.1) is 5.82 Å². The van der Waals surface area contributed by atoms with Crippen molar-refractivity contribution in [2.75, 3.05) is 6.61 Å². The molecule has 146 valence electrons. The first-order valence-electron chi connectivity index (χ1n) is 8.99. The molecule has 0 saturated heterocycles. The first-order chi connectivity index (χ1) is 13.4. The van der Waals surface area contributed by atoms with Gasteiger partial charge in [-0.05, 0) is 54.0 Å². The van der Waals surface area contributed by atoms with E-state index < -0.39 is 24.3 Å². The van der Waals surface area contributed by atoms with Crippen molar-refractivity contribution in [3.8, 4) is 16.9 Å². The van der Waals surface area contributed by atoms with Gasteiger partial charge in [-0.15, -0.1) is 0 Å². The fourth-order valence-electron chi connectivity index (χ4n) is 3.00. The van der Waals surface area contributed by atoms with Crippen molar-refractivity contribution in [3.05, 3.63) is 78.1 Å². The minimum absolute atomic E-state index is 0.228. The van der Waals surface area contributed by atoms with Gasteiger partial charge in [-0.3, -0.25) is 0 Å². The fraction of sp³-hybridized carbons (Fsp3) is 0.217. The fourth-order valence-corrected chi connectivity index (χ4v) is 3.00. The summed E-state index contributed by atoms with van der Waals surface area (Å²) in [6.07, 6.45) is 1.60. The van der Waals surface area contributed by atoms with E-state index in [4.69, 9.17) is 0 Å². The molecular formula is C23H20F4O. The third-order valence-corrected chi connectivity index (χ3v) is 4.43. The Kier molecular flexibility index (Phi) is 6.02. The summed E-state index contributed by atoms with van der Waals surface area (Å²) < 4.78 is 55.9. The van der Waals surface area contributed by atoms with Gasteiger partial charge in [-0.25, -0.2) is 4.39 Å². The predicted molar refractivity (Wildman–Crippen MR) is 104 cm³/mol. The Morgan fingerprint density at radius 3 is 2.32 bits per heavy atom. The molecule has 28 heavy (non-hydrogen) atoms. The van der Waals surface area contributed by atoms with Gasteiger partial charge >= 0.3 is 6.18 Å². The smallest absolute Gasteiger partial charge is 0.422 e. The standard InChI is InChI=1S/C23H20F4O/c1-2-3-4-5-16-6-8-17(9-7-16)18-10-12-20-19(14-18)11-13-21(22(20)24)28-15-23(25,26)27/h2-3,6-14H,4-5,15H2,1H3/b3-2+. The van der Waals surface area contributed by atoms with Crippen molar-refractivity contribution in [3.63, 3.8) is 0 Å². The lowest BCUT2D eigenvalue weighted by Gasteiger charge is -2.12. The number of ether oxygens (including phenoxy) is 1. The summed E-state index contributed by atoms with van der Waals surface area (Å²) in [6.45, 7) is 0.477. The molecule has 3 aromatic carbocycles. The quantitative estimate of drug-likeness (QED) is 0.323. The van der Waals surface area contributed by atoms with E-state index in [2.05, 4.69) is 22.9 Å². The molecule has 0 saturated carbocycles. The van der Waals surface area contributed by atoms with Gasteiger partial charge in [0.2, 0.25) is 0 Å². The van der Waals surface area contributed by atoms with Gasteiger partial charge in [0.1, 0.15) is 0 Å². The SMILES string of the molecule is C/C=C/CCc1ccc(-c2ccc3c(F)c(OCC(F)(F)F)ccc3c2)cc1. The average molecular weight is 388 g/mol. The van der Waals surface area contributed by atoms with Gasteiger partial charge in [0.25, 0.3) is 0 Å². The lowest BCUT2D eigenvalue weighted by Crippen LogP contribution is -2.19. The van der Waals surface area contributed by atoms with E-state index in [0.717, 1.165) is 24.0 Å². The Labute approximate surface area is 161 Å². The topological polar surface area (TPSA) is 9.23 Å². The van der Waals surface area contributed by atoms with Crippen molar-refractivity contribution >= 4 is 10.8 Å². The van der Waals surface area contributed by atoms with E-state index >= 15 is 0 Å². The number of fused-ring (bicyclic) bond motifs is 1. The average Bonchev–Trinajstić information content (AvgIpc) is 2.67. The van der Waals surface area contributed by atoms with Crippen molar-refractivity contribution in [2.45, 2.75) is 25.9 Å². The highest BCUT2D eigenvalue weighted by molar-refractivity contribution is 5.89. The lowest BCUT2D eigenvalue weighted by atomic mass is 9.99. The maximum absolute atomic E-state index is 14.5. The van der Waals surface area contributed by atoms with E-state index in [0.29, 0.717) is 5.39 Å². The summed E-state index contributed by atoms with van der Waals surface area (Å²) in [7, 11) is 0. The molecule has 0 radical (unpaired) electrons. The van der Waals surface area contributed by atoms with Crippen LogP contribution in [-0.2, 0) is 6.42 Å². The Bertz CT molecular complexity index is 972. The number of aryl methyl sites for hydroxylation is 1. The molecule has 3 rings (SSSR count). The van der Waals surface area contributed by atoms with Gasteiger partial charge in [0, 0.05) is 5.39 Å². The van der Waals surface area contributed by atoms with Crippen LogP contribution in [0.15, 0.2) is 66.7 Å². The van der Waals surface area contributed by atoms with Crippen LogP contribution >= 0.6 is 0 Å². The number of halogens is 4. The third kappa shape index (κ3) is 4.91. The largest absolute Gasteiger partial charge is 0.481 e. The Hall–Kier alpha value is -2.82. The molecule has 0 aliphatic heterocycles. The van der Waals surface area contributed by atoms with Gasteiger partial charge in [0.15, 0.2) is 18.2 Å². The molecule has 0 spiro atoms. The number of hydrogen-bond donors (Lipinski definition) is 0. The van der Waals surface area contributed by atoms with E-state index in [-0.39, 0.29) is 5.39 Å². The summed E-state index contributed by atoms with van der Waals surface area (Å²) in [4.78, 5) is 0. The normalized spacial score (nSPS) is 12.0. The molecule has 0 atom stereocenters. The third-order valence-electron chi connectivity index (χ3n) is 4.43. The van der Waals surface area contributed by atoms with Gasteiger partial charge < -0.3 is 4.74 Å². The van der Waals surface area contributed by atoms with Crippen molar-refractivity contribution < 1.29 is 22.3 Å². The zero-order valence-electron chi connectivity index (χ0n) is 15.4. The Morgan fingerprint density at radius 1 is 0.929 bits per heavy atom. The number of hydrogen-bond acceptors (Lipinski definition) is 1. The minimum Gasteiger partial charge on any atom is -0.481 e. The molecule has 0 unspecified atom stereocenters. The second kappa shape index (κ2) is 8.46. The van der Waals surface area contributed by atoms with Gasteiger partial charge in [-0.2, -0.15) is 13.2 Å². The van der Waals surface area contributed by atoms with Gasteiger partial charge in [0.05, 0.1) is 0 Å². The highest BCUT2D eigenvalue weighted by Gasteiger charge is 2.29. The predicted octanol–water partition coefficient (Wildman–Crippen LogP) is 7.10. The van der Waals surface area contributed by atoms with E-state index in [1.54, 1.807) is 18.2 Å². The van der Waals surface area contributed by atoms with E-state index in [1.165, 1.54) is 11.6 Å². The summed E-state index contributed by atoms with van der Waals surface area (Å²) >= 11 is 0. The molecule has 0 amide bonds. The maximum Gasteiger partial charge on any atom is 0.422 e. The zero-order valence-corrected chi connectivity index (χ0v) is 15.4. The van der Waals surface area contributed by atoms with Crippen LogP contribution in [0.4, 0.5) is 17.6 Å². The minimum atomic E-state index is -4.51. The summed E-state index contributed by atoms with van der Waals surface area (Å²) in [5.41, 5.74) is 3.14. The van der Waals surface area contributed by atoms with E-state index in [9.17, 15) is 17.6 Å². The molecule has 0 bridgehead atoms. The number of alkyl halides is 3. The van der Waals surface area contributed by atoms with Crippen LogP contribution in [0.1, 0.15) is 18.9 Å². The first-order valence-corrected chi connectivity index (χ1v) is 8.99. The van der Waals surface area contributed by atoms with Crippen LogP contribution < -0.4 is 4.74 Å². The zero-order chi connectivity index (χ0) is 20.1. The summed E-state index contributed by atoms with van der Waals surface area (Å²) in [5, 5.41) is 0.831. The second-order valence-electron chi connectivity index (χ2n) is 6.52. The number of allylic oxidation sites excluding steroid dienone is 2. The molecule has 3 aromatic rings. The molecule has 0 heterocycles. The highest BCUT2D eigenvalue weighted by Crippen LogP contribution is 2.31. The summed E-state index contributed by atoms with van der Waals surface area (Å²) in [6, 6.07) is 16.1. The lowest BCUT2D eigenvalue weighted by molar-refractivity contribution is -0.153. The Balaban J connectivity index is 1.82. The van der Waals surface area contributed by atoms with Gasteiger partial charge in [-0.1, -0.05) is 54.6 Å². The molecule has 0 aliphatic rings. The maximum atomic E-state index is 14.5. The Morgan fingerprint density at radius 2 is 1.64 bits per heavy atom. The number of rotatable bonds is 6. The molecule has 0 N–H and O–H groups in total. The molecule has 0 fully saturated rings. The first kappa shape index (κ1) is 19.9. The van der Waals surface area contributed by atoms with Crippen LogP contribution in [0.25, 0.3) is 21.9 Å². The molecule has 0 aromatic heterocycles. The molecular weight excluding hydrogens is 368 g/mol. The van der Waals surface area contributed by atoms with Crippen molar-refractivity contribution in [1.82, 2.24) is 0 Å². The summed E-state index contributed by atoms with van der Waals surface area (Å²) in [5.74, 6) is -1.18.